The van der Waals surface area contributed by atoms with Crippen molar-refractivity contribution in [3.05, 3.63) is 36.2 Å². The van der Waals surface area contributed by atoms with Gasteiger partial charge >= 0.3 is 0 Å². The van der Waals surface area contributed by atoms with Crippen molar-refractivity contribution in [2.24, 2.45) is 0 Å². The smallest absolute Gasteiger partial charge is 0.163 e. The van der Waals surface area contributed by atoms with E-state index < -0.39 is 5.60 Å². The molecule has 0 spiro atoms. The maximum Gasteiger partial charge on any atom is 0.163 e. The Morgan fingerprint density at radius 2 is 2.00 bits per heavy atom. The second kappa shape index (κ2) is 3.50. The fourth-order valence-corrected chi connectivity index (χ4v) is 1.64. The van der Waals surface area contributed by atoms with Crippen molar-refractivity contribution >= 4 is 11.5 Å². The summed E-state index contributed by atoms with van der Waals surface area (Å²) in [6, 6.07) is 3.67. The molecular formula is C12H13NO2. The fraction of sp³-hybridized carbons (Fsp3) is 0.333. The molecule has 1 aromatic heterocycles. The molecule has 15 heavy (non-hydrogen) atoms. The minimum absolute atomic E-state index is 0.109. The molecule has 0 aliphatic carbocycles. The number of hydrogen-bond donors (Lipinski definition) is 0. The second-order valence-corrected chi connectivity index (χ2v) is 4.25. The monoisotopic (exact) mass is 203 g/mol. The summed E-state index contributed by atoms with van der Waals surface area (Å²) in [6.07, 6.45) is 5.36. The Labute approximate surface area is 88.8 Å². The van der Waals surface area contributed by atoms with E-state index in [1.165, 1.54) is 0 Å². The van der Waals surface area contributed by atoms with E-state index in [-0.39, 0.29) is 5.78 Å². The lowest BCUT2D eigenvalue weighted by Gasteiger charge is -2.30. The average Bonchev–Trinajstić information content (AvgIpc) is 2.16. The van der Waals surface area contributed by atoms with Gasteiger partial charge in [0.05, 0.1) is 0 Å². The lowest BCUT2D eigenvalue weighted by molar-refractivity contribution is -0.119. The van der Waals surface area contributed by atoms with E-state index in [0.717, 1.165) is 5.56 Å². The van der Waals surface area contributed by atoms with Crippen molar-refractivity contribution in [2.45, 2.75) is 25.9 Å². The third kappa shape index (κ3) is 2.24. The van der Waals surface area contributed by atoms with Crippen LogP contribution in [0.5, 0.6) is 0 Å². The molecule has 2 rings (SSSR count). The Hall–Kier alpha value is -1.64. The Balaban J connectivity index is 2.35. The third-order valence-electron chi connectivity index (χ3n) is 2.24. The minimum atomic E-state index is -0.412. The number of carbonyl (C=O) groups excluding carboxylic acids is 1. The van der Waals surface area contributed by atoms with Crippen LogP contribution in [0.1, 0.15) is 25.8 Å². The molecule has 0 fully saturated rings. The summed E-state index contributed by atoms with van der Waals surface area (Å²) in [5, 5.41) is 0. The number of rotatable bonds is 1. The normalized spacial score (nSPS) is 19.3. The van der Waals surface area contributed by atoms with Crippen LogP contribution in [0.25, 0.3) is 5.76 Å². The molecule has 0 bridgehead atoms. The molecule has 3 nitrogen and oxygen atoms in total. The Morgan fingerprint density at radius 3 is 2.60 bits per heavy atom. The van der Waals surface area contributed by atoms with Gasteiger partial charge in [-0.15, -0.1) is 0 Å². The first-order valence-electron chi connectivity index (χ1n) is 4.91. The summed E-state index contributed by atoms with van der Waals surface area (Å²) < 4.78 is 5.74. The maximum atomic E-state index is 11.5. The van der Waals surface area contributed by atoms with Crippen molar-refractivity contribution < 1.29 is 9.53 Å². The molecule has 1 aliphatic heterocycles. The lowest BCUT2D eigenvalue weighted by Crippen LogP contribution is -2.30. The van der Waals surface area contributed by atoms with E-state index in [1.54, 1.807) is 18.5 Å². The second-order valence-electron chi connectivity index (χ2n) is 4.25. The number of carbonyl (C=O) groups is 1. The van der Waals surface area contributed by atoms with Crippen LogP contribution in [0, 0.1) is 0 Å². The van der Waals surface area contributed by atoms with Crippen molar-refractivity contribution in [3.63, 3.8) is 0 Å². The van der Waals surface area contributed by atoms with Crippen LogP contribution in [-0.2, 0) is 9.53 Å². The van der Waals surface area contributed by atoms with Gasteiger partial charge in [0.2, 0.25) is 0 Å². The van der Waals surface area contributed by atoms with E-state index in [4.69, 9.17) is 4.74 Å². The molecule has 2 heterocycles. The molecule has 0 unspecified atom stereocenters. The summed E-state index contributed by atoms with van der Waals surface area (Å²) in [7, 11) is 0. The fourth-order valence-electron chi connectivity index (χ4n) is 1.64. The zero-order valence-electron chi connectivity index (χ0n) is 8.86. The first kappa shape index (κ1) is 9.90. The molecule has 0 atom stereocenters. The van der Waals surface area contributed by atoms with Crippen LogP contribution in [0.15, 0.2) is 30.6 Å². The predicted octanol–water partition coefficient (Wildman–Crippen LogP) is 2.19. The highest BCUT2D eigenvalue weighted by Gasteiger charge is 2.29. The molecule has 1 aliphatic rings. The molecule has 0 radical (unpaired) electrons. The van der Waals surface area contributed by atoms with E-state index >= 15 is 0 Å². The molecule has 0 amide bonds. The van der Waals surface area contributed by atoms with E-state index in [2.05, 4.69) is 4.98 Å². The van der Waals surface area contributed by atoms with Crippen LogP contribution < -0.4 is 0 Å². The average molecular weight is 203 g/mol. The van der Waals surface area contributed by atoms with Crippen LogP contribution in [-0.4, -0.2) is 16.4 Å². The number of allylic oxidation sites excluding steroid dienone is 1. The zero-order valence-corrected chi connectivity index (χ0v) is 8.86. The molecule has 1 aromatic rings. The van der Waals surface area contributed by atoms with Crippen molar-refractivity contribution in [2.75, 3.05) is 0 Å². The Morgan fingerprint density at radius 1 is 1.33 bits per heavy atom. The standard InChI is InChI=1S/C12H13NO2/c1-12(2)8-10(14)7-11(15-12)9-3-5-13-6-4-9/h3-7H,8H2,1-2H3. The summed E-state index contributed by atoms with van der Waals surface area (Å²) in [5.74, 6) is 0.747. The minimum Gasteiger partial charge on any atom is -0.487 e. The molecule has 0 aromatic carbocycles. The molecule has 78 valence electrons. The largest absolute Gasteiger partial charge is 0.487 e. The van der Waals surface area contributed by atoms with Gasteiger partial charge in [-0.1, -0.05) is 0 Å². The van der Waals surface area contributed by atoms with Crippen LogP contribution in [0.2, 0.25) is 0 Å². The number of pyridine rings is 1. The van der Waals surface area contributed by atoms with Crippen LogP contribution in [0.3, 0.4) is 0 Å². The summed E-state index contributed by atoms with van der Waals surface area (Å²) >= 11 is 0. The highest BCUT2D eigenvalue weighted by atomic mass is 16.5. The van der Waals surface area contributed by atoms with Gasteiger partial charge in [0.25, 0.3) is 0 Å². The van der Waals surface area contributed by atoms with Gasteiger partial charge in [0.1, 0.15) is 11.4 Å². The van der Waals surface area contributed by atoms with E-state index in [0.29, 0.717) is 12.2 Å². The van der Waals surface area contributed by atoms with Gasteiger partial charge in [0.15, 0.2) is 5.78 Å². The van der Waals surface area contributed by atoms with Gasteiger partial charge in [-0.05, 0) is 26.0 Å². The lowest BCUT2D eigenvalue weighted by atomic mass is 9.97. The zero-order chi connectivity index (χ0) is 10.9. The maximum absolute atomic E-state index is 11.5. The van der Waals surface area contributed by atoms with Gasteiger partial charge in [-0.3, -0.25) is 9.78 Å². The number of aromatic nitrogens is 1. The van der Waals surface area contributed by atoms with Crippen molar-refractivity contribution in [1.29, 1.82) is 0 Å². The quantitative estimate of drug-likeness (QED) is 0.702. The number of nitrogens with zero attached hydrogens (tertiary/aromatic N) is 1. The number of ether oxygens (including phenoxy) is 1. The van der Waals surface area contributed by atoms with Crippen LogP contribution in [0.4, 0.5) is 0 Å². The third-order valence-corrected chi connectivity index (χ3v) is 2.24. The van der Waals surface area contributed by atoms with E-state index in [9.17, 15) is 4.79 Å². The Bertz CT molecular complexity index is 407. The van der Waals surface area contributed by atoms with Gasteiger partial charge in [-0.25, -0.2) is 0 Å². The first-order chi connectivity index (χ1) is 7.07. The van der Waals surface area contributed by atoms with E-state index in [1.807, 2.05) is 26.0 Å². The predicted molar refractivity (Wildman–Crippen MR) is 57.0 cm³/mol. The van der Waals surface area contributed by atoms with Gasteiger partial charge < -0.3 is 4.74 Å². The Kier molecular flexibility index (Phi) is 2.31. The molecule has 0 saturated heterocycles. The van der Waals surface area contributed by atoms with Crippen molar-refractivity contribution in [1.82, 2.24) is 4.98 Å². The molecule has 0 N–H and O–H groups in total. The summed E-state index contributed by atoms with van der Waals surface area (Å²) in [4.78, 5) is 15.4. The van der Waals surface area contributed by atoms with Gasteiger partial charge in [0, 0.05) is 30.5 Å². The van der Waals surface area contributed by atoms with Gasteiger partial charge in [-0.2, -0.15) is 0 Å². The number of ketones is 1. The highest BCUT2D eigenvalue weighted by molar-refractivity contribution is 5.97. The number of hydrogen-bond acceptors (Lipinski definition) is 3. The van der Waals surface area contributed by atoms with Crippen molar-refractivity contribution in [3.8, 4) is 0 Å². The van der Waals surface area contributed by atoms with Crippen LogP contribution >= 0.6 is 0 Å². The molecular weight excluding hydrogens is 190 g/mol. The highest BCUT2D eigenvalue weighted by Crippen LogP contribution is 2.29. The SMILES string of the molecule is CC1(C)CC(=O)C=C(c2ccncc2)O1. The molecule has 0 saturated carbocycles. The summed E-state index contributed by atoms with van der Waals surface area (Å²) in [5.41, 5.74) is 0.482. The summed E-state index contributed by atoms with van der Waals surface area (Å²) in [6.45, 7) is 3.83. The molecule has 3 heteroatoms. The first-order valence-corrected chi connectivity index (χ1v) is 4.91. The topological polar surface area (TPSA) is 39.2 Å².